The van der Waals surface area contributed by atoms with E-state index in [4.69, 9.17) is 5.73 Å². The van der Waals surface area contributed by atoms with Crippen LogP contribution in [0.5, 0.6) is 0 Å². The van der Waals surface area contributed by atoms with Crippen LogP contribution in [0.1, 0.15) is 26.2 Å². The van der Waals surface area contributed by atoms with Gasteiger partial charge < -0.3 is 10.5 Å². The van der Waals surface area contributed by atoms with Gasteiger partial charge in [0.05, 0.1) is 13.0 Å². The summed E-state index contributed by atoms with van der Waals surface area (Å²) >= 11 is 0. The highest BCUT2D eigenvalue weighted by Crippen LogP contribution is 2.20. The van der Waals surface area contributed by atoms with Gasteiger partial charge in [-0.3, -0.25) is 4.79 Å². The number of alkyl halides is 3. The van der Waals surface area contributed by atoms with E-state index >= 15 is 0 Å². The first-order valence-electron chi connectivity index (χ1n) is 4.35. The van der Waals surface area contributed by atoms with Gasteiger partial charge in [0.15, 0.2) is 0 Å². The standard InChI is InChI=1S/C8H14F3NO2/c1-2-3-4-14-7(13)5-6(12)8(9,10)11/h6H,2-5,12H2,1H3/t6-/m0/s1. The Labute approximate surface area is 80.4 Å². The van der Waals surface area contributed by atoms with Gasteiger partial charge >= 0.3 is 12.1 Å². The van der Waals surface area contributed by atoms with Crippen molar-refractivity contribution in [2.75, 3.05) is 6.61 Å². The Hall–Kier alpha value is -0.780. The zero-order valence-electron chi connectivity index (χ0n) is 7.93. The van der Waals surface area contributed by atoms with E-state index in [2.05, 4.69) is 4.74 Å². The number of hydrogen-bond donors (Lipinski definition) is 1. The van der Waals surface area contributed by atoms with Gasteiger partial charge in [-0.1, -0.05) is 13.3 Å². The summed E-state index contributed by atoms with van der Waals surface area (Å²) in [5, 5.41) is 0. The molecule has 0 fully saturated rings. The molecule has 6 heteroatoms. The number of carbonyl (C=O) groups excluding carboxylic acids is 1. The van der Waals surface area contributed by atoms with E-state index in [9.17, 15) is 18.0 Å². The van der Waals surface area contributed by atoms with Crippen LogP contribution < -0.4 is 5.73 Å². The van der Waals surface area contributed by atoms with Gasteiger partial charge in [0.1, 0.15) is 6.04 Å². The molecule has 0 saturated carbocycles. The lowest BCUT2D eigenvalue weighted by molar-refractivity contribution is -0.164. The first kappa shape index (κ1) is 13.2. The molecule has 0 aromatic rings. The Bertz CT molecular complexity index is 182. The summed E-state index contributed by atoms with van der Waals surface area (Å²) in [4.78, 5) is 10.8. The second-order valence-corrected chi connectivity index (χ2v) is 2.93. The maximum absolute atomic E-state index is 11.9. The molecule has 0 aliphatic rings. The van der Waals surface area contributed by atoms with Crippen molar-refractivity contribution in [3.05, 3.63) is 0 Å². The maximum Gasteiger partial charge on any atom is 0.404 e. The summed E-state index contributed by atoms with van der Waals surface area (Å²) in [6.45, 7) is 2.04. The molecule has 0 bridgehead atoms. The van der Waals surface area contributed by atoms with Crippen LogP contribution in [0.15, 0.2) is 0 Å². The van der Waals surface area contributed by atoms with Crippen molar-refractivity contribution < 1.29 is 22.7 Å². The molecule has 3 nitrogen and oxygen atoms in total. The minimum atomic E-state index is -4.54. The Morgan fingerprint density at radius 1 is 1.50 bits per heavy atom. The van der Waals surface area contributed by atoms with Gasteiger partial charge in [0, 0.05) is 0 Å². The molecule has 0 spiro atoms. The molecule has 1 atom stereocenters. The number of carbonyl (C=O) groups is 1. The molecule has 0 aromatic carbocycles. The van der Waals surface area contributed by atoms with E-state index in [0.717, 1.165) is 6.42 Å². The summed E-state index contributed by atoms with van der Waals surface area (Å²) in [6, 6.07) is -2.13. The third-order valence-electron chi connectivity index (χ3n) is 1.57. The summed E-state index contributed by atoms with van der Waals surface area (Å²) in [5.74, 6) is -0.900. The van der Waals surface area contributed by atoms with E-state index in [1.54, 1.807) is 0 Å². The Morgan fingerprint density at radius 2 is 2.07 bits per heavy atom. The largest absolute Gasteiger partial charge is 0.466 e. The van der Waals surface area contributed by atoms with Crippen LogP contribution in [0.2, 0.25) is 0 Å². The Kier molecular flexibility index (Phi) is 5.52. The molecule has 0 saturated heterocycles. The molecular formula is C8H14F3NO2. The van der Waals surface area contributed by atoms with E-state index in [-0.39, 0.29) is 6.61 Å². The number of rotatable bonds is 5. The average molecular weight is 213 g/mol. The van der Waals surface area contributed by atoms with Gasteiger partial charge in [-0.15, -0.1) is 0 Å². The topological polar surface area (TPSA) is 52.3 Å². The third kappa shape index (κ3) is 5.80. The molecular weight excluding hydrogens is 199 g/mol. The van der Waals surface area contributed by atoms with Gasteiger partial charge in [-0.05, 0) is 6.42 Å². The molecule has 84 valence electrons. The predicted molar refractivity (Wildman–Crippen MR) is 44.5 cm³/mol. The molecule has 0 aromatic heterocycles. The van der Waals surface area contributed by atoms with Crippen LogP contribution in [-0.4, -0.2) is 24.8 Å². The molecule has 14 heavy (non-hydrogen) atoms. The van der Waals surface area contributed by atoms with E-state index in [0.29, 0.717) is 6.42 Å². The van der Waals surface area contributed by atoms with E-state index in [1.807, 2.05) is 6.92 Å². The van der Waals surface area contributed by atoms with Crippen molar-refractivity contribution >= 4 is 5.97 Å². The SMILES string of the molecule is CCCCOC(=O)C[C@H](N)C(F)(F)F. The normalized spacial score (nSPS) is 13.8. The molecule has 0 heterocycles. The minimum absolute atomic E-state index is 0.153. The predicted octanol–water partition coefficient (Wildman–Crippen LogP) is 1.61. The fraction of sp³-hybridized carbons (Fsp3) is 0.875. The van der Waals surface area contributed by atoms with Crippen molar-refractivity contribution in [1.29, 1.82) is 0 Å². The van der Waals surface area contributed by atoms with Crippen molar-refractivity contribution in [3.63, 3.8) is 0 Å². The quantitative estimate of drug-likeness (QED) is 0.557. The van der Waals surface area contributed by atoms with E-state index < -0.39 is 24.6 Å². The van der Waals surface area contributed by atoms with Crippen LogP contribution in [0.4, 0.5) is 13.2 Å². The maximum atomic E-state index is 11.9. The number of esters is 1. The molecule has 0 amide bonds. The number of ether oxygens (including phenoxy) is 1. The first-order valence-corrected chi connectivity index (χ1v) is 4.35. The highest BCUT2D eigenvalue weighted by atomic mass is 19.4. The van der Waals surface area contributed by atoms with Gasteiger partial charge in [0.25, 0.3) is 0 Å². The molecule has 0 radical (unpaired) electrons. The van der Waals surface area contributed by atoms with Crippen LogP contribution in [0.25, 0.3) is 0 Å². The number of halogens is 3. The third-order valence-corrected chi connectivity index (χ3v) is 1.57. The highest BCUT2D eigenvalue weighted by Gasteiger charge is 2.38. The van der Waals surface area contributed by atoms with Crippen molar-refractivity contribution in [2.24, 2.45) is 5.73 Å². The Balaban J connectivity index is 3.72. The van der Waals surface area contributed by atoms with Crippen molar-refractivity contribution in [1.82, 2.24) is 0 Å². The first-order chi connectivity index (χ1) is 6.38. The summed E-state index contributed by atoms with van der Waals surface area (Å²) in [6.07, 6.45) is -3.89. The molecule has 0 rings (SSSR count). The summed E-state index contributed by atoms with van der Waals surface area (Å²) in [5.41, 5.74) is 4.73. The Morgan fingerprint density at radius 3 is 2.50 bits per heavy atom. The van der Waals surface area contributed by atoms with Crippen molar-refractivity contribution in [2.45, 2.75) is 38.4 Å². The van der Waals surface area contributed by atoms with Gasteiger partial charge in [-0.2, -0.15) is 13.2 Å². The monoisotopic (exact) mass is 213 g/mol. The fourth-order valence-corrected chi connectivity index (χ4v) is 0.685. The molecule has 0 unspecified atom stereocenters. The van der Waals surface area contributed by atoms with Crippen LogP contribution >= 0.6 is 0 Å². The molecule has 0 aliphatic heterocycles. The smallest absolute Gasteiger partial charge is 0.404 e. The van der Waals surface area contributed by atoms with Gasteiger partial charge in [-0.25, -0.2) is 0 Å². The fourth-order valence-electron chi connectivity index (χ4n) is 0.685. The van der Waals surface area contributed by atoms with Crippen LogP contribution in [-0.2, 0) is 9.53 Å². The zero-order chi connectivity index (χ0) is 11.2. The number of hydrogen-bond acceptors (Lipinski definition) is 3. The lowest BCUT2D eigenvalue weighted by Crippen LogP contribution is -2.39. The van der Waals surface area contributed by atoms with Crippen molar-refractivity contribution in [3.8, 4) is 0 Å². The molecule has 2 N–H and O–H groups in total. The second-order valence-electron chi connectivity index (χ2n) is 2.93. The van der Waals surface area contributed by atoms with Crippen LogP contribution in [0.3, 0.4) is 0 Å². The number of nitrogens with two attached hydrogens (primary N) is 1. The van der Waals surface area contributed by atoms with E-state index in [1.165, 1.54) is 0 Å². The zero-order valence-corrected chi connectivity index (χ0v) is 7.93. The number of unbranched alkanes of at least 4 members (excludes halogenated alkanes) is 1. The molecule has 0 aliphatic carbocycles. The highest BCUT2D eigenvalue weighted by molar-refractivity contribution is 5.70. The second kappa shape index (κ2) is 5.85. The van der Waals surface area contributed by atoms with Gasteiger partial charge in [0.2, 0.25) is 0 Å². The summed E-state index contributed by atoms with van der Waals surface area (Å²) < 4.78 is 40.1. The average Bonchev–Trinajstić information content (AvgIpc) is 2.03. The minimum Gasteiger partial charge on any atom is -0.466 e. The lowest BCUT2D eigenvalue weighted by atomic mass is 10.2. The van der Waals surface area contributed by atoms with Crippen LogP contribution in [0, 0.1) is 0 Å². The summed E-state index contributed by atoms with van der Waals surface area (Å²) in [7, 11) is 0. The lowest BCUT2D eigenvalue weighted by Gasteiger charge is -2.14.